The van der Waals surface area contributed by atoms with E-state index in [0.29, 0.717) is 0 Å². The van der Waals surface area contributed by atoms with Crippen molar-refractivity contribution in [2.24, 2.45) is 0 Å². The molecule has 0 aliphatic carbocycles. The third-order valence-corrected chi connectivity index (χ3v) is 2.66. The molecule has 0 unspecified atom stereocenters. The Morgan fingerprint density at radius 1 is 1.30 bits per heavy atom. The van der Waals surface area contributed by atoms with Crippen molar-refractivity contribution < 1.29 is 28.6 Å². The van der Waals surface area contributed by atoms with Crippen LogP contribution in [-0.2, 0) is 9.53 Å². The van der Waals surface area contributed by atoms with Crippen LogP contribution in [-0.4, -0.2) is 47.4 Å². The molecule has 8 heteroatoms. The number of rotatable bonds is 6. The Morgan fingerprint density at radius 3 is 2.48 bits per heavy atom. The van der Waals surface area contributed by atoms with Crippen LogP contribution < -0.4 is 4.74 Å². The largest absolute Gasteiger partial charge is 0.492 e. The maximum atomic E-state index is 13.2. The van der Waals surface area contributed by atoms with Crippen LogP contribution in [0.4, 0.5) is 9.18 Å². The number of carboxylic acids is 1. The van der Waals surface area contributed by atoms with E-state index in [2.05, 4.69) is 0 Å². The molecule has 1 aromatic rings. The summed E-state index contributed by atoms with van der Waals surface area (Å²) < 4.78 is 23.6. The predicted octanol–water partition coefficient (Wildman–Crippen LogP) is 3.18. The second-order valence-electron chi connectivity index (χ2n) is 5.75. The lowest BCUT2D eigenvalue weighted by Gasteiger charge is -2.26. The normalized spacial score (nSPS) is 11.0. The molecular weight excluding hydrogens is 329 g/mol. The molecule has 0 heterocycles. The van der Waals surface area contributed by atoms with Gasteiger partial charge in [-0.05, 0) is 32.9 Å². The number of carboxylic acid groups (broad SMARTS) is 1. The van der Waals surface area contributed by atoms with Crippen LogP contribution in [0.2, 0.25) is 5.02 Å². The Morgan fingerprint density at radius 2 is 1.96 bits per heavy atom. The van der Waals surface area contributed by atoms with Gasteiger partial charge in [0.1, 0.15) is 30.3 Å². The molecule has 0 bridgehead atoms. The molecule has 1 aromatic carbocycles. The van der Waals surface area contributed by atoms with E-state index in [1.807, 2.05) is 0 Å². The van der Waals surface area contributed by atoms with Gasteiger partial charge in [-0.1, -0.05) is 11.6 Å². The molecule has 0 saturated carbocycles. The quantitative estimate of drug-likeness (QED) is 0.855. The van der Waals surface area contributed by atoms with Crippen molar-refractivity contribution >= 4 is 23.7 Å². The zero-order chi connectivity index (χ0) is 17.6. The van der Waals surface area contributed by atoms with Gasteiger partial charge in [0.25, 0.3) is 0 Å². The lowest BCUT2D eigenvalue weighted by atomic mass is 10.2. The van der Waals surface area contributed by atoms with E-state index in [9.17, 15) is 14.0 Å². The summed E-state index contributed by atoms with van der Waals surface area (Å²) in [7, 11) is 0. The smallest absolute Gasteiger partial charge is 0.410 e. The minimum Gasteiger partial charge on any atom is -0.492 e. The van der Waals surface area contributed by atoms with Crippen LogP contribution >= 0.6 is 11.6 Å². The van der Waals surface area contributed by atoms with Gasteiger partial charge in [-0.3, -0.25) is 9.69 Å². The molecule has 0 aromatic heterocycles. The molecule has 0 atom stereocenters. The van der Waals surface area contributed by atoms with Gasteiger partial charge >= 0.3 is 12.1 Å². The molecule has 1 N–H and O–H groups in total. The number of ether oxygens (including phenoxy) is 2. The van der Waals surface area contributed by atoms with Gasteiger partial charge in [-0.15, -0.1) is 0 Å². The first-order chi connectivity index (χ1) is 10.6. The summed E-state index contributed by atoms with van der Waals surface area (Å²) in [5, 5.41) is 9.04. The number of hydrogen-bond donors (Lipinski definition) is 1. The first-order valence-corrected chi connectivity index (χ1v) is 7.23. The van der Waals surface area contributed by atoms with Gasteiger partial charge < -0.3 is 14.6 Å². The highest BCUT2D eigenvalue weighted by atomic mass is 35.5. The SMILES string of the molecule is CC(C)(C)OC(=O)N(CCOc1cc(F)cc(Cl)c1)CC(=O)O. The van der Waals surface area contributed by atoms with Crippen LogP contribution in [0, 0.1) is 5.82 Å². The minimum absolute atomic E-state index is 0.0324. The molecule has 0 radical (unpaired) electrons. The van der Waals surface area contributed by atoms with Gasteiger partial charge in [-0.2, -0.15) is 0 Å². The van der Waals surface area contributed by atoms with Crippen LogP contribution in [0.1, 0.15) is 20.8 Å². The highest BCUT2D eigenvalue weighted by molar-refractivity contribution is 6.30. The summed E-state index contributed by atoms with van der Waals surface area (Å²) in [4.78, 5) is 23.8. The third-order valence-electron chi connectivity index (χ3n) is 2.44. The summed E-state index contributed by atoms with van der Waals surface area (Å²) in [6.07, 6.45) is -0.763. The molecule has 0 spiro atoms. The monoisotopic (exact) mass is 347 g/mol. The van der Waals surface area contributed by atoms with E-state index in [4.69, 9.17) is 26.2 Å². The lowest BCUT2D eigenvalue weighted by molar-refractivity contribution is -0.138. The van der Waals surface area contributed by atoms with Crippen molar-refractivity contribution in [3.8, 4) is 5.75 Å². The predicted molar refractivity (Wildman–Crippen MR) is 82.3 cm³/mol. The number of benzene rings is 1. The highest BCUT2D eigenvalue weighted by Crippen LogP contribution is 2.20. The third kappa shape index (κ3) is 7.69. The van der Waals surface area contributed by atoms with E-state index in [0.717, 1.165) is 17.0 Å². The summed E-state index contributed by atoms with van der Waals surface area (Å²) in [5.74, 6) is -1.54. The number of amides is 1. The fourth-order valence-electron chi connectivity index (χ4n) is 1.61. The Labute approximate surface area is 138 Å². The zero-order valence-electron chi connectivity index (χ0n) is 13.1. The average molecular weight is 348 g/mol. The molecule has 1 rings (SSSR count). The van der Waals surface area contributed by atoms with Gasteiger partial charge in [-0.25, -0.2) is 9.18 Å². The Balaban J connectivity index is 2.63. The molecule has 0 aliphatic rings. The molecule has 0 fully saturated rings. The van der Waals surface area contributed by atoms with E-state index >= 15 is 0 Å². The Kier molecular flexibility index (Phi) is 6.62. The molecule has 1 amide bonds. The molecular formula is C15H19ClFNO5. The lowest BCUT2D eigenvalue weighted by Crippen LogP contribution is -2.41. The van der Waals surface area contributed by atoms with Gasteiger partial charge in [0.15, 0.2) is 0 Å². The second-order valence-corrected chi connectivity index (χ2v) is 6.19. The molecule has 128 valence electrons. The fraction of sp³-hybridized carbons (Fsp3) is 0.467. The fourth-order valence-corrected chi connectivity index (χ4v) is 1.82. The summed E-state index contributed by atoms with van der Waals surface area (Å²) in [6, 6.07) is 3.69. The highest BCUT2D eigenvalue weighted by Gasteiger charge is 2.23. The standard InChI is InChI=1S/C15H19ClFNO5/c1-15(2,3)23-14(21)18(9-13(19)20)4-5-22-12-7-10(16)6-11(17)8-12/h6-8H,4-5,9H2,1-3H3,(H,19,20). The van der Waals surface area contributed by atoms with E-state index in [-0.39, 0.29) is 23.9 Å². The Bertz CT molecular complexity index is 553. The Hall–Kier alpha value is -2.02. The number of nitrogens with zero attached hydrogens (tertiary/aromatic N) is 1. The maximum Gasteiger partial charge on any atom is 0.410 e. The maximum absolute atomic E-state index is 13.2. The van der Waals surface area contributed by atoms with Gasteiger partial charge in [0, 0.05) is 11.1 Å². The summed E-state index contributed by atoms with van der Waals surface area (Å²) in [5.41, 5.74) is -0.745. The minimum atomic E-state index is -1.18. The molecule has 0 aliphatic heterocycles. The van der Waals surface area contributed by atoms with E-state index in [1.165, 1.54) is 6.07 Å². The van der Waals surface area contributed by atoms with Crippen molar-refractivity contribution in [1.82, 2.24) is 4.90 Å². The summed E-state index contributed by atoms with van der Waals surface area (Å²) in [6.45, 7) is 4.43. The molecule has 6 nitrogen and oxygen atoms in total. The van der Waals surface area contributed by atoms with E-state index < -0.39 is 30.0 Å². The van der Waals surface area contributed by atoms with Crippen LogP contribution in [0.3, 0.4) is 0 Å². The van der Waals surface area contributed by atoms with Crippen LogP contribution in [0.15, 0.2) is 18.2 Å². The second kappa shape index (κ2) is 8.01. The molecule has 23 heavy (non-hydrogen) atoms. The van der Waals surface area contributed by atoms with Crippen LogP contribution in [0.25, 0.3) is 0 Å². The van der Waals surface area contributed by atoms with Crippen LogP contribution in [0.5, 0.6) is 5.75 Å². The van der Waals surface area contributed by atoms with Gasteiger partial charge in [0.2, 0.25) is 0 Å². The molecule has 0 saturated heterocycles. The van der Waals surface area contributed by atoms with Crippen molar-refractivity contribution in [3.63, 3.8) is 0 Å². The zero-order valence-corrected chi connectivity index (χ0v) is 13.9. The number of carbonyl (C=O) groups is 2. The number of halogens is 2. The number of aliphatic carboxylic acids is 1. The van der Waals surface area contributed by atoms with E-state index in [1.54, 1.807) is 20.8 Å². The number of carbonyl (C=O) groups excluding carboxylic acids is 1. The van der Waals surface area contributed by atoms with Crippen molar-refractivity contribution in [2.45, 2.75) is 26.4 Å². The topological polar surface area (TPSA) is 76.1 Å². The van der Waals surface area contributed by atoms with Gasteiger partial charge in [0.05, 0.1) is 6.54 Å². The number of hydrogen-bond acceptors (Lipinski definition) is 4. The summed E-state index contributed by atoms with van der Waals surface area (Å²) >= 11 is 5.70. The van der Waals surface area contributed by atoms with Crippen molar-refractivity contribution in [2.75, 3.05) is 19.7 Å². The first-order valence-electron chi connectivity index (χ1n) is 6.85. The average Bonchev–Trinajstić information content (AvgIpc) is 2.33. The first kappa shape index (κ1) is 19.0. The van der Waals surface area contributed by atoms with Crippen molar-refractivity contribution in [3.05, 3.63) is 29.0 Å². The van der Waals surface area contributed by atoms with Crippen molar-refractivity contribution in [1.29, 1.82) is 0 Å².